The summed E-state index contributed by atoms with van der Waals surface area (Å²) in [5.41, 5.74) is 0.573. The van der Waals surface area contributed by atoms with Crippen molar-refractivity contribution >= 4 is 23.4 Å². The van der Waals surface area contributed by atoms with Crippen molar-refractivity contribution in [2.45, 2.75) is 43.3 Å². The molecule has 1 amide bonds. The van der Waals surface area contributed by atoms with Crippen LogP contribution in [0, 0.1) is 0 Å². The van der Waals surface area contributed by atoms with Gasteiger partial charge in [0.2, 0.25) is 11.1 Å². The molecule has 1 heterocycles. The minimum atomic E-state index is -0.153. The van der Waals surface area contributed by atoms with Gasteiger partial charge in [-0.3, -0.25) is 4.79 Å². The van der Waals surface area contributed by atoms with Crippen molar-refractivity contribution in [3.8, 4) is 11.5 Å². The maximum absolute atomic E-state index is 12.4. The van der Waals surface area contributed by atoms with Crippen LogP contribution in [-0.4, -0.2) is 46.1 Å². The molecule has 140 valence electrons. The van der Waals surface area contributed by atoms with Crippen molar-refractivity contribution in [1.29, 1.82) is 0 Å². The minimum Gasteiger partial charge on any atom is -0.497 e. The van der Waals surface area contributed by atoms with Gasteiger partial charge in [0.05, 0.1) is 31.7 Å². The molecule has 0 bridgehead atoms. The summed E-state index contributed by atoms with van der Waals surface area (Å²) < 4.78 is 12.3. The van der Waals surface area contributed by atoms with E-state index < -0.39 is 0 Å². The Bertz CT molecular complexity index is 746. The Hall–Kier alpha value is -2.29. The van der Waals surface area contributed by atoms with Crippen LogP contribution in [0.4, 0.5) is 5.69 Å². The first-order chi connectivity index (χ1) is 12.7. The average Bonchev–Trinajstić information content (AvgIpc) is 3.15. The molecule has 2 aromatic rings. The number of anilines is 1. The number of ether oxygens (including phenoxy) is 2. The number of hydrogen-bond acceptors (Lipinski definition) is 7. The van der Waals surface area contributed by atoms with Gasteiger partial charge in [-0.05, 0) is 35.4 Å². The summed E-state index contributed by atoms with van der Waals surface area (Å²) in [4.78, 5) is 12.4. The maximum Gasteiger partial charge on any atom is 0.234 e. The standard InChI is InChI=1S/C17H23N5O3S/c1-24-13-8-9-15(25-2)14(10-13)18-16(23)11-26-17-19-20-21-22(17)12-6-4-3-5-7-12/h8-10,12H,3-7,11H2,1-2H3,(H,18,23). The molecule has 26 heavy (non-hydrogen) atoms. The number of methoxy groups -OCH3 is 2. The number of benzene rings is 1. The van der Waals surface area contributed by atoms with Crippen LogP contribution in [0.2, 0.25) is 0 Å². The molecule has 1 fully saturated rings. The molecule has 0 unspecified atom stereocenters. The third kappa shape index (κ3) is 4.46. The zero-order valence-corrected chi connectivity index (χ0v) is 15.8. The quantitative estimate of drug-likeness (QED) is 0.742. The topological polar surface area (TPSA) is 91.2 Å². The summed E-state index contributed by atoms with van der Waals surface area (Å²) in [6.45, 7) is 0. The minimum absolute atomic E-state index is 0.153. The molecule has 3 rings (SSSR count). The lowest BCUT2D eigenvalue weighted by Crippen LogP contribution is -2.17. The van der Waals surface area contributed by atoms with Gasteiger partial charge in [-0.15, -0.1) is 5.10 Å². The number of hydrogen-bond donors (Lipinski definition) is 1. The second-order valence-corrected chi connectivity index (χ2v) is 7.04. The van der Waals surface area contributed by atoms with Gasteiger partial charge in [-0.1, -0.05) is 31.0 Å². The van der Waals surface area contributed by atoms with Gasteiger partial charge in [0, 0.05) is 6.07 Å². The number of nitrogens with one attached hydrogen (secondary N) is 1. The van der Waals surface area contributed by atoms with Crippen LogP contribution in [0.5, 0.6) is 11.5 Å². The van der Waals surface area contributed by atoms with E-state index in [9.17, 15) is 4.79 Å². The molecule has 1 saturated carbocycles. The predicted molar refractivity (Wildman–Crippen MR) is 98.8 cm³/mol. The van der Waals surface area contributed by atoms with E-state index >= 15 is 0 Å². The first kappa shape index (κ1) is 18.5. The number of rotatable bonds is 7. The van der Waals surface area contributed by atoms with Crippen molar-refractivity contribution < 1.29 is 14.3 Å². The molecule has 1 N–H and O–H groups in total. The smallest absolute Gasteiger partial charge is 0.234 e. The van der Waals surface area contributed by atoms with Crippen molar-refractivity contribution in [3.05, 3.63) is 18.2 Å². The first-order valence-electron chi connectivity index (χ1n) is 8.64. The van der Waals surface area contributed by atoms with E-state index in [1.165, 1.54) is 31.0 Å². The number of carbonyl (C=O) groups excluding carboxylic acids is 1. The van der Waals surface area contributed by atoms with Crippen LogP contribution >= 0.6 is 11.8 Å². The van der Waals surface area contributed by atoms with E-state index in [1.54, 1.807) is 32.4 Å². The summed E-state index contributed by atoms with van der Waals surface area (Å²) in [5, 5.41) is 15.5. The third-order valence-corrected chi connectivity index (χ3v) is 5.33. The van der Waals surface area contributed by atoms with Crippen molar-refractivity contribution in [2.24, 2.45) is 0 Å². The lowest BCUT2D eigenvalue weighted by Gasteiger charge is -2.21. The summed E-state index contributed by atoms with van der Waals surface area (Å²) in [6, 6.07) is 5.60. The van der Waals surface area contributed by atoms with Crippen LogP contribution in [-0.2, 0) is 4.79 Å². The summed E-state index contributed by atoms with van der Waals surface area (Å²) in [6.07, 6.45) is 5.85. The fraction of sp³-hybridized carbons (Fsp3) is 0.529. The van der Waals surface area contributed by atoms with Gasteiger partial charge >= 0.3 is 0 Å². The second-order valence-electron chi connectivity index (χ2n) is 6.10. The molecule has 0 aliphatic heterocycles. The number of tetrazole rings is 1. The zero-order chi connectivity index (χ0) is 18.4. The number of carbonyl (C=O) groups is 1. The van der Waals surface area contributed by atoms with E-state index in [1.807, 2.05) is 4.68 Å². The molecule has 0 spiro atoms. The summed E-state index contributed by atoms with van der Waals surface area (Å²) in [7, 11) is 3.14. The summed E-state index contributed by atoms with van der Waals surface area (Å²) in [5.74, 6) is 1.29. The van der Waals surface area contributed by atoms with Crippen LogP contribution in [0.1, 0.15) is 38.1 Å². The third-order valence-electron chi connectivity index (χ3n) is 4.40. The van der Waals surface area contributed by atoms with Gasteiger partial charge in [-0.2, -0.15) is 0 Å². The highest BCUT2D eigenvalue weighted by molar-refractivity contribution is 7.99. The van der Waals surface area contributed by atoms with E-state index in [-0.39, 0.29) is 11.7 Å². The van der Waals surface area contributed by atoms with Crippen LogP contribution < -0.4 is 14.8 Å². The number of thioether (sulfide) groups is 1. The Labute approximate surface area is 156 Å². The molecule has 1 aliphatic carbocycles. The fourth-order valence-corrected chi connectivity index (χ4v) is 3.81. The van der Waals surface area contributed by atoms with E-state index in [2.05, 4.69) is 20.8 Å². The predicted octanol–water partition coefficient (Wildman–Crippen LogP) is 2.93. The maximum atomic E-state index is 12.4. The van der Waals surface area contributed by atoms with Gasteiger partial charge in [0.25, 0.3) is 0 Å². The van der Waals surface area contributed by atoms with Crippen LogP contribution in [0.25, 0.3) is 0 Å². The molecule has 8 nitrogen and oxygen atoms in total. The molecule has 0 radical (unpaired) electrons. The number of amides is 1. The molecule has 1 aromatic heterocycles. The van der Waals surface area contributed by atoms with Gasteiger partial charge < -0.3 is 14.8 Å². The van der Waals surface area contributed by atoms with Gasteiger partial charge in [0.15, 0.2) is 0 Å². The van der Waals surface area contributed by atoms with E-state index in [4.69, 9.17) is 9.47 Å². The highest BCUT2D eigenvalue weighted by Crippen LogP contribution is 2.31. The highest BCUT2D eigenvalue weighted by atomic mass is 32.2. The number of aromatic nitrogens is 4. The normalized spacial score (nSPS) is 14.8. The Morgan fingerprint density at radius 2 is 2.08 bits per heavy atom. The van der Waals surface area contributed by atoms with Crippen LogP contribution in [0.3, 0.4) is 0 Å². The molecule has 0 saturated heterocycles. The van der Waals surface area contributed by atoms with Crippen molar-refractivity contribution in [3.63, 3.8) is 0 Å². The van der Waals surface area contributed by atoms with E-state index in [0.29, 0.717) is 28.4 Å². The average molecular weight is 377 g/mol. The SMILES string of the molecule is COc1ccc(OC)c(NC(=O)CSc2nnnn2C2CCCCC2)c1. The first-order valence-corrected chi connectivity index (χ1v) is 9.62. The van der Waals surface area contributed by atoms with Crippen molar-refractivity contribution in [1.82, 2.24) is 20.2 Å². The lowest BCUT2D eigenvalue weighted by molar-refractivity contribution is -0.113. The van der Waals surface area contributed by atoms with E-state index in [0.717, 1.165) is 12.8 Å². The molecular formula is C17H23N5O3S. The Kier molecular flexibility index (Phi) is 6.32. The van der Waals surface area contributed by atoms with Gasteiger partial charge in [0.1, 0.15) is 11.5 Å². The molecule has 9 heteroatoms. The monoisotopic (exact) mass is 377 g/mol. The molecule has 0 atom stereocenters. The van der Waals surface area contributed by atoms with Crippen molar-refractivity contribution in [2.75, 3.05) is 25.3 Å². The second kappa shape index (κ2) is 8.88. The fourth-order valence-electron chi connectivity index (χ4n) is 3.06. The Morgan fingerprint density at radius 1 is 1.27 bits per heavy atom. The molecule has 1 aliphatic rings. The molecular weight excluding hydrogens is 354 g/mol. The molecule has 1 aromatic carbocycles. The summed E-state index contributed by atoms with van der Waals surface area (Å²) >= 11 is 1.34. The zero-order valence-electron chi connectivity index (χ0n) is 15.0. The van der Waals surface area contributed by atoms with Crippen LogP contribution in [0.15, 0.2) is 23.4 Å². The van der Waals surface area contributed by atoms with Gasteiger partial charge in [-0.25, -0.2) is 4.68 Å². The number of nitrogens with zero attached hydrogens (tertiary/aromatic N) is 4. The Morgan fingerprint density at radius 3 is 2.81 bits per heavy atom. The Balaban J connectivity index is 1.61. The highest BCUT2D eigenvalue weighted by Gasteiger charge is 2.21. The lowest BCUT2D eigenvalue weighted by atomic mass is 9.96. The largest absolute Gasteiger partial charge is 0.497 e.